The Balaban J connectivity index is -0.00000162. The van der Waals surface area contributed by atoms with Crippen LogP contribution in [0.2, 0.25) is 0 Å². The average molecular weight is 388 g/mol. The molecule has 0 atom stereocenters. The Hall–Kier alpha value is 0.843. The number of hydrogen-bond donors (Lipinski definition) is 1. The van der Waals surface area contributed by atoms with Crippen molar-refractivity contribution < 1.29 is 36.5 Å². The number of unbranched alkanes of at least 4 members (excludes halogenated alkanes) is 12. The van der Waals surface area contributed by atoms with Crippen LogP contribution in [-0.2, 0) is 36.5 Å². The zero-order valence-electron chi connectivity index (χ0n) is 14.4. The second-order valence-electron chi connectivity index (χ2n) is 5.73. The van der Waals surface area contributed by atoms with Crippen LogP contribution in [0, 0.1) is 0 Å². The average Bonchev–Trinajstić information content (AvgIpc) is 2.43. The van der Waals surface area contributed by atoms with Gasteiger partial charge in [-0.1, -0.05) is 76.9 Å². The molecule has 0 amide bonds. The summed E-state index contributed by atoms with van der Waals surface area (Å²) in [7, 11) is 0. The van der Waals surface area contributed by atoms with E-state index in [-0.39, 0.29) is 36.5 Å². The first kappa shape index (κ1) is 26.7. The first-order valence-corrected chi connectivity index (χ1v) is 8.77. The van der Waals surface area contributed by atoms with E-state index in [1.54, 1.807) is 0 Å². The van der Waals surface area contributed by atoms with Crippen LogP contribution in [0.25, 0.3) is 0 Å². The molecule has 1 nitrogen and oxygen atoms in total. The van der Waals surface area contributed by atoms with Crippen molar-refractivity contribution in [3.05, 3.63) is 12.2 Å². The number of rotatable bonds is 15. The third kappa shape index (κ3) is 26.1. The van der Waals surface area contributed by atoms with E-state index in [0.717, 1.165) is 6.54 Å². The van der Waals surface area contributed by atoms with Crippen molar-refractivity contribution in [3.63, 3.8) is 0 Å². The van der Waals surface area contributed by atoms with Gasteiger partial charge in [-0.3, -0.25) is 0 Å². The molecule has 3 heteroatoms. The van der Waals surface area contributed by atoms with Gasteiger partial charge in [0.1, 0.15) is 0 Å². The van der Waals surface area contributed by atoms with Gasteiger partial charge in [0.15, 0.2) is 0 Å². The van der Waals surface area contributed by atoms with E-state index in [4.69, 9.17) is 5.73 Å². The smallest absolute Gasteiger partial charge is 0 e. The summed E-state index contributed by atoms with van der Waals surface area (Å²) >= 11 is 0. The van der Waals surface area contributed by atoms with Gasteiger partial charge in [-0.2, -0.15) is 0 Å². The van der Waals surface area contributed by atoms with Crippen molar-refractivity contribution in [2.24, 2.45) is 5.73 Å². The molecule has 0 rings (SSSR count). The molecule has 0 aromatic heterocycles. The maximum Gasteiger partial charge on any atom is 0 e. The summed E-state index contributed by atoms with van der Waals surface area (Å²) in [6.45, 7) is 3.14. The van der Waals surface area contributed by atoms with Gasteiger partial charge in [0, 0.05) is 36.5 Å². The molecule has 0 heterocycles. The summed E-state index contributed by atoms with van der Waals surface area (Å²) in [6.07, 6.45) is 23.9. The van der Waals surface area contributed by atoms with Crippen LogP contribution in [0.5, 0.6) is 0 Å². The van der Waals surface area contributed by atoms with Crippen LogP contribution in [0.15, 0.2) is 12.2 Å². The maximum absolute atomic E-state index is 5.47. The van der Waals surface area contributed by atoms with Gasteiger partial charge in [-0.25, -0.2) is 0 Å². The summed E-state index contributed by atoms with van der Waals surface area (Å²) in [5.41, 5.74) is 5.47. The topological polar surface area (TPSA) is 26.0 Å². The first-order valence-electron chi connectivity index (χ1n) is 8.77. The summed E-state index contributed by atoms with van der Waals surface area (Å²) in [6, 6.07) is 0. The van der Waals surface area contributed by atoms with E-state index >= 15 is 0 Å². The molecule has 0 aliphatic carbocycles. The minimum Gasteiger partial charge on any atom is -0.330 e. The van der Waals surface area contributed by atoms with Gasteiger partial charge in [-0.15, -0.1) is 0 Å². The van der Waals surface area contributed by atoms with E-state index in [1.165, 1.54) is 89.9 Å². The van der Waals surface area contributed by atoms with Crippen LogP contribution < -0.4 is 5.73 Å². The Labute approximate surface area is 157 Å². The Bertz CT molecular complexity index is 186. The van der Waals surface area contributed by atoms with E-state index < -0.39 is 0 Å². The van der Waals surface area contributed by atoms with Crippen molar-refractivity contribution in [2.45, 2.75) is 96.8 Å². The van der Waals surface area contributed by atoms with E-state index in [0.29, 0.717) is 0 Å². The fourth-order valence-electron chi connectivity index (χ4n) is 2.39. The predicted octanol–water partition coefficient (Wildman–Crippen LogP) is 5.98. The zero-order valence-corrected chi connectivity index (χ0v) is 18.6. The summed E-state index contributed by atoms with van der Waals surface area (Å²) in [5, 5.41) is 0. The van der Waals surface area contributed by atoms with Gasteiger partial charge in [0.05, 0.1) is 0 Å². The molecular weight excluding hydrogens is 351 g/mol. The van der Waals surface area contributed by atoms with Crippen molar-refractivity contribution in [3.8, 4) is 0 Å². The first-order chi connectivity index (χ1) is 9.41. The van der Waals surface area contributed by atoms with Crippen molar-refractivity contribution >= 4 is 0 Å². The van der Waals surface area contributed by atoms with E-state index in [1.807, 2.05) is 0 Å². The summed E-state index contributed by atoms with van der Waals surface area (Å²) in [5.74, 6) is 0. The Morgan fingerprint density at radius 3 is 1.43 bits per heavy atom. The number of allylic oxidation sites excluding steroid dienone is 2. The minimum atomic E-state index is 0. The fourth-order valence-corrected chi connectivity index (χ4v) is 2.39. The van der Waals surface area contributed by atoms with Crippen molar-refractivity contribution in [1.82, 2.24) is 0 Å². The van der Waals surface area contributed by atoms with Gasteiger partial charge < -0.3 is 5.73 Å². The molecule has 0 aromatic rings. The monoisotopic (exact) mass is 386 g/mol. The molecule has 0 bridgehead atoms. The SMILES string of the molecule is CCCCCCCCC=CCCCCCCCCN.[Mn].[Zn]. The quantitative estimate of drug-likeness (QED) is 0.209. The largest absolute Gasteiger partial charge is 0.330 e. The molecule has 0 aliphatic heterocycles. The maximum atomic E-state index is 5.47. The van der Waals surface area contributed by atoms with Gasteiger partial charge in [0.2, 0.25) is 0 Å². The second-order valence-corrected chi connectivity index (χ2v) is 5.73. The summed E-state index contributed by atoms with van der Waals surface area (Å²) in [4.78, 5) is 0. The van der Waals surface area contributed by atoms with Crippen LogP contribution in [0.4, 0.5) is 0 Å². The molecule has 0 spiro atoms. The zero-order chi connectivity index (χ0) is 14.0. The Morgan fingerprint density at radius 1 is 0.619 bits per heavy atom. The van der Waals surface area contributed by atoms with Crippen LogP contribution in [0.3, 0.4) is 0 Å². The molecule has 0 fully saturated rings. The van der Waals surface area contributed by atoms with Crippen LogP contribution in [-0.4, -0.2) is 6.54 Å². The van der Waals surface area contributed by atoms with Crippen molar-refractivity contribution in [1.29, 1.82) is 0 Å². The third-order valence-corrected chi connectivity index (χ3v) is 3.72. The van der Waals surface area contributed by atoms with Gasteiger partial charge in [0.25, 0.3) is 0 Å². The molecule has 1 radical (unpaired) electrons. The molecule has 0 aliphatic rings. The predicted molar refractivity (Wildman–Crippen MR) is 88.5 cm³/mol. The van der Waals surface area contributed by atoms with E-state index in [2.05, 4.69) is 19.1 Å². The van der Waals surface area contributed by atoms with Gasteiger partial charge >= 0.3 is 0 Å². The van der Waals surface area contributed by atoms with Crippen molar-refractivity contribution in [2.75, 3.05) is 6.54 Å². The Kier molecular flexibility index (Phi) is 32.8. The molecule has 21 heavy (non-hydrogen) atoms. The molecule has 0 saturated heterocycles. The van der Waals surface area contributed by atoms with Gasteiger partial charge in [-0.05, 0) is 38.6 Å². The molecular formula is C18H37MnNZn. The third-order valence-electron chi connectivity index (χ3n) is 3.72. The standard InChI is InChI=1S/C18H37N.Mn.Zn/c1-2-3-4-5-6-7-8-9-10-11-12-13-14-15-16-17-18-19;;/h9-10H,2-8,11-19H2,1H3;;. The van der Waals surface area contributed by atoms with Crippen LogP contribution >= 0.6 is 0 Å². The molecule has 0 saturated carbocycles. The molecule has 123 valence electrons. The minimum absolute atomic E-state index is 0. The second kappa shape index (κ2) is 25.8. The Morgan fingerprint density at radius 2 is 1.00 bits per heavy atom. The van der Waals surface area contributed by atoms with E-state index in [9.17, 15) is 0 Å². The molecule has 2 N–H and O–H groups in total. The van der Waals surface area contributed by atoms with Crippen LogP contribution in [0.1, 0.15) is 96.8 Å². The number of hydrogen-bond acceptors (Lipinski definition) is 1. The molecule has 0 aromatic carbocycles. The summed E-state index contributed by atoms with van der Waals surface area (Å²) < 4.78 is 0. The number of nitrogens with two attached hydrogens (primary N) is 1. The fraction of sp³-hybridized carbons (Fsp3) is 0.889. The molecule has 0 unspecified atom stereocenters. The normalized spacial score (nSPS) is 10.4.